The molecule has 1 saturated heterocycles. The molecule has 7 heteroatoms. The molecule has 2 aromatic rings. The molecule has 1 aliphatic rings. The number of rotatable bonds is 5. The van der Waals surface area contributed by atoms with Gasteiger partial charge in [0.05, 0.1) is 30.4 Å². The van der Waals surface area contributed by atoms with Gasteiger partial charge in [0.1, 0.15) is 6.54 Å². The van der Waals surface area contributed by atoms with E-state index in [2.05, 4.69) is 15.2 Å². The number of morpholine rings is 1. The lowest BCUT2D eigenvalue weighted by atomic mass is 10.3. The fourth-order valence-corrected chi connectivity index (χ4v) is 2.66. The summed E-state index contributed by atoms with van der Waals surface area (Å²) in [6.07, 6.45) is 1.25. The van der Waals surface area contributed by atoms with Gasteiger partial charge in [-0.2, -0.15) is 0 Å². The van der Waals surface area contributed by atoms with Gasteiger partial charge in [-0.3, -0.25) is 19.1 Å². The fourth-order valence-electron chi connectivity index (χ4n) is 2.66. The highest BCUT2D eigenvalue weighted by molar-refractivity contribution is 5.79. The quantitative estimate of drug-likeness (QED) is 0.830. The van der Waals surface area contributed by atoms with Crippen LogP contribution in [0.15, 0.2) is 35.3 Å². The zero-order valence-electron chi connectivity index (χ0n) is 12.9. The molecule has 0 aliphatic carbocycles. The lowest BCUT2D eigenvalue weighted by Crippen LogP contribution is -2.42. The van der Waals surface area contributed by atoms with Crippen molar-refractivity contribution in [2.24, 2.45) is 0 Å². The Hall–Kier alpha value is -2.25. The number of carbonyl (C=O) groups is 1. The Bertz CT molecular complexity index is 737. The van der Waals surface area contributed by atoms with E-state index >= 15 is 0 Å². The molecular weight excluding hydrogens is 296 g/mol. The minimum Gasteiger partial charge on any atom is -0.379 e. The molecule has 0 saturated carbocycles. The van der Waals surface area contributed by atoms with Crippen molar-refractivity contribution in [3.8, 4) is 0 Å². The van der Waals surface area contributed by atoms with Crippen molar-refractivity contribution in [3.63, 3.8) is 0 Å². The Kier molecular flexibility index (Phi) is 4.99. The highest BCUT2D eigenvalue weighted by Gasteiger charge is 2.11. The number of para-hydroxylation sites is 2. The van der Waals surface area contributed by atoms with Gasteiger partial charge in [-0.15, -0.1) is 0 Å². The van der Waals surface area contributed by atoms with Gasteiger partial charge in [-0.1, -0.05) is 12.1 Å². The highest BCUT2D eigenvalue weighted by Crippen LogP contribution is 2.07. The van der Waals surface area contributed by atoms with Gasteiger partial charge in [-0.05, 0) is 12.1 Å². The summed E-state index contributed by atoms with van der Waals surface area (Å²) in [6, 6.07) is 7.30. The SMILES string of the molecule is O=C(Cn1c(=O)cnc2ccccc21)NCCN1CCOCC1. The van der Waals surface area contributed by atoms with E-state index < -0.39 is 0 Å². The summed E-state index contributed by atoms with van der Waals surface area (Å²) >= 11 is 0. The lowest BCUT2D eigenvalue weighted by molar-refractivity contribution is -0.121. The van der Waals surface area contributed by atoms with Crippen LogP contribution in [0, 0.1) is 0 Å². The molecule has 122 valence electrons. The van der Waals surface area contributed by atoms with Crippen LogP contribution in [0.3, 0.4) is 0 Å². The van der Waals surface area contributed by atoms with Gasteiger partial charge in [-0.25, -0.2) is 4.98 Å². The number of nitrogens with one attached hydrogen (secondary N) is 1. The second-order valence-corrected chi connectivity index (χ2v) is 5.48. The van der Waals surface area contributed by atoms with Crippen LogP contribution >= 0.6 is 0 Å². The minimum atomic E-state index is -0.271. The average Bonchev–Trinajstić information content (AvgIpc) is 2.58. The van der Waals surface area contributed by atoms with Gasteiger partial charge in [0, 0.05) is 26.2 Å². The number of amides is 1. The third-order valence-electron chi connectivity index (χ3n) is 3.91. The Morgan fingerprint density at radius 2 is 2.04 bits per heavy atom. The maximum absolute atomic E-state index is 12.1. The maximum Gasteiger partial charge on any atom is 0.269 e. The number of ether oxygens (including phenoxy) is 1. The van der Waals surface area contributed by atoms with Crippen LogP contribution in [0.2, 0.25) is 0 Å². The standard InChI is InChI=1S/C16H20N4O3/c21-15(17-5-6-19-7-9-23-10-8-19)12-20-14-4-2-1-3-13(14)18-11-16(20)22/h1-4,11H,5-10,12H2,(H,17,21). The second-order valence-electron chi connectivity index (χ2n) is 5.48. The molecule has 1 amide bonds. The molecule has 7 nitrogen and oxygen atoms in total. The molecule has 1 aliphatic heterocycles. The van der Waals surface area contributed by atoms with E-state index in [4.69, 9.17) is 4.74 Å². The zero-order chi connectivity index (χ0) is 16.1. The topological polar surface area (TPSA) is 76.5 Å². The summed E-state index contributed by atoms with van der Waals surface area (Å²) in [6.45, 7) is 4.63. The smallest absolute Gasteiger partial charge is 0.269 e. The third kappa shape index (κ3) is 3.94. The van der Waals surface area contributed by atoms with Crippen LogP contribution in [-0.2, 0) is 16.1 Å². The molecule has 0 unspecified atom stereocenters. The van der Waals surface area contributed by atoms with Crippen molar-refractivity contribution in [1.82, 2.24) is 19.8 Å². The first-order valence-corrected chi connectivity index (χ1v) is 7.75. The van der Waals surface area contributed by atoms with Crippen molar-refractivity contribution >= 4 is 16.9 Å². The van der Waals surface area contributed by atoms with Crippen LogP contribution in [0.25, 0.3) is 11.0 Å². The molecule has 1 fully saturated rings. The summed E-state index contributed by atoms with van der Waals surface area (Å²) in [5, 5.41) is 2.87. The number of nitrogens with zero attached hydrogens (tertiary/aromatic N) is 3. The Morgan fingerprint density at radius 1 is 1.26 bits per heavy atom. The van der Waals surface area contributed by atoms with Gasteiger partial charge in [0.2, 0.25) is 5.91 Å². The van der Waals surface area contributed by atoms with Gasteiger partial charge < -0.3 is 10.1 Å². The maximum atomic E-state index is 12.1. The van der Waals surface area contributed by atoms with E-state index in [1.165, 1.54) is 10.8 Å². The first kappa shape index (κ1) is 15.6. The van der Waals surface area contributed by atoms with Crippen molar-refractivity contribution < 1.29 is 9.53 Å². The van der Waals surface area contributed by atoms with Crippen LogP contribution in [0.1, 0.15) is 0 Å². The molecule has 0 radical (unpaired) electrons. The Labute approximate surface area is 133 Å². The number of hydrogen-bond acceptors (Lipinski definition) is 5. The largest absolute Gasteiger partial charge is 0.379 e. The normalized spacial score (nSPS) is 15.7. The molecule has 0 spiro atoms. The third-order valence-corrected chi connectivity index (χ3v) is 3.91. The molecule has 1 aromatic heterocycles. The average molecular weight is 316 g/mol. The lowest BCUT2D eigenvalue weighted by Gasteiger charge is -2.26. The zero-order valence-corrected chi connectivity index (χ0v) is 12.9. The molecule has 23 heavy (non-hydrogen) atoms. The number of benzene rings is 1. The summed E-state index contributed by atoms with van der Waals surface area (Å²) in [5.74, 6) is -0.170. The van der Waals surface area contributed by atoms with Gasteiger partial charge in [0.15, 0.2) is 0 Å². The van der Waals surface area contributed by atoms with Crippen molar-refractivity contribution in [1.29, 1.82) is 0 Å². The summed E-state index contributed by atoms with van der Waals surface area (Å²) < 4.78 is 6.74. The van der Waals surface area contributed by atoms with E-state index in [-0.39, 0.29) is 18.0 Å². The molecular formula is C16H20N4O3. The monoisotopic (exact) mass is 316 g/mol. The fraction of sp³-hybridized carbons (Fsp3) is 0.438. The Balaban J connectivity index is 1.59. The molecule has 3 rings (SSSR count). The van der Waals surface area contributed by atoms with E-state index in [1.807, 2.05) is 18.2 Å². The van der Waals surface area contributed by atoms with E-state index in [0.29, 0.717) is 17.6 Å². The van der Waals surface area contributed by atoms with Crippen molar-refractivity contribution in [2.75, 3.05) is 39.4 Å². The van der Waals surface area contributed by atoms with E-state index in [9.17, 15) is 9.59 Å². The molecule has 2 heterocycles. The predicted octanol–water partition coefficient (Wildman–Crippen LogP) is -0.155. The van der Waals surface area contributed by atoms with Gasteiger partial charge >= 0.3 is 0 Å². The van der Waals surface area contributed by atoms with Crippen LogP contribution in [0.4, 0.5) is 0 Å². The Morgan fingerprint density at radius 3 is 2.87 bits per heavy atom. The molecule has 0 atom stereocenters. The van der Waals surface area contributed by atoms with E-state index in [1.54, 1.807) is 6.07 Å². The molecule has 1 N–H and O–H groups in total. The van der Waals surface area contributed by atoms with Crippen LogP contribution in [0.5, 0.6) is 0 Å². The summed E-state index contributed by atoms with van der Waals surface area (Å²) in [4.78, 5) is 30.4. The second kappa shape index (κ2) is 7.34. The number of hydrogen-bond donors (Lipinski definition) is 1. The number of aromatic nitrogens is 2. The number of fused-ring (bicyclic) bond motifs is 1. The first-order valence-electron chi connectivity index (χ1n) is 7.75. The minimum absolute atomic E-state index is 0.00494. The van der Waals surface area contributed by atoms with Crippen LogP contribution < -0.4 is 10.9 Å². The van der Waals surface area contributed by atoms with Crippen molar-refractivity contribution in [2.45, 2.75) is 6.54 Å². The van der Waals surface area contributed by atoms with E-state index in [0.717, 1.165) is 32.8 Å². The summed E-state index contributed by atoms with van der Waals surface area (Å²) in [7, 11) is 0. The van der Waals surface area contributed by atoms with Gasteiger partial charge in [0.25, 0.3) is 5.56 Å². The van der Waals surface area contributed by atoms with Crippen molar-refractivity contribution in [3.05, 3.63) is 40.8 Å². The highest BCUT2D eigenvalue weighted by atomic mass is 16.5. The first-order chi connectivity index (χ1) is 11.2. The molecule has 0 bridgehead atoms. The summed E-state index contributed by atoms with van der Waals surface area (Å²) in [5.41, 5.74) is 1.10. The molecule has 1 aromatic carbocycles. The van der Waals surface area contributed by atoms with Crippen LogP contribution in [-0.4, -0.2) is 59.8 Å². The predicted molar refractivity (Wildman–Crippen MR) is 86.3 cm³/mol. The number of carbonyl (C=O) groups excluding carboxylic acids is 1.